The van der Waals surface area contributed by atoms with Gasteiger partial charge in [0, 0.05) is 44.6 Å². The number of carboxylic acid groups (broad SMARTS) is 2. The number of guanidine groups is 4. The molecule has 0 saturated heterocycles. The van der Waals surface area contributed by atoms with E-state index in [1.54, 1.807) is 0 Å². The Morgan fingerprint density at radius 2 is 0.722 bits per heavy atom. The van der Waals surface area contributed by atoms with Crippen molar-refractivity contribution in [2.45, 2.75) is 120 Å². The van der Waals surface area contributed by atoms with Crippen LogP contribution in [0.15, 0.2) is 20.0 Å². The summed E-state index contributed by atoms with van der Waals surface area (Å²) in [7, 11) is 2.12. The number of nitrogens with one attached hydrogen (secondary N) is 7. The molecule has 0 fully saturated rings. The van der Waals surface area contributed by atoms with Gasteiger partial charge in [-0.1, -0.05) is 21.6 Å². The summed E-state index contributed by atoms with van der Waals surface area (Å²) in [5, 5.41) is 36.1. The van der Waals surface area contributed by atoms with Crippen LogP contribution in [0.3, 0.4) is 0 Å². The molecule has 0 heterocycles. The Morgan fingerprint density at radius 3 is 1.04 bits per heavy atom. The predicted molar refractivity (Wildman–Crippen MR) is 276 cm³/mol. The van der Waals surface area contributed by atoms with E-state index < -0.39 is 102 Å². The molecule has 0 aliphatic rings. The van der Waals surface area contributed by atoms with Gasteiger partial charge >= 0.3 is 11.9 Å². The van der Waals surface area contributed by atoms with E-state index in [-0.39, 0.29) is 125 Å². The van der Waals surface area contributed by atoms with Gasteiger partial charge in [-0.3, -0.25) is 58.3 Å². The maximum Gasteiger partial charge on any atom is 0.326 e. The normalized spacial score (nSPS) is 13.8. The molecule has 0 aliphatic carbocycles. The molecule has 0 saturated carbocycles. The van der Waals surface area contributed by atoms with Gasteiger partial charge in [0.15, 0.2) is 23.8 Å². The molecule has 7 amide bonds. The zero-order valence-corrected chi connectivity index (χ0v) is 42.7. The van der Waals surface area contributed by atoms with Crippen molar-refractivity contribution < 1.29 is 53.4 Å². The Balaban J connectivity index is 0. The Kier molecular flexibility index (Phi) is 34.7. The lowest BCUT2D eigenvalue weighted by molar-refractivity contribution is -0.142. The second-order valence-electron chi connectivity index (χ2n) is 15.6. The van der Waals surface area contributed by atoms with E-state index in [0.717, 1.165) is 21.6 Å². The fraction of sp³-hybridized carbons (Fsp3) is 0.658. The fourth-order valence-corrected chi connectivity index (χ4v) is 7.99. The zero-order valence-electron chi connectivity index (χ0n) is 40.3. The number of nitrogens with zero attached hydrogens (tertiary/aromatic N) is 4. The van der Waals surface area contributed by atoms with Crippen LogP contribution in [0.5, 0.6) is 0 Å². The summed E-state index contributed by atoms with van der Waals surface area (Å²) in [6.07, 6.45) is 0.165. The highest BCUT2D eigenvalue weighted by Gasteiger charge is 2.32. The van der Waals surface area contributed by atoms with Gasteiger partial charge in [0.2, 0.25) is 41.4 Å². The number of carbonyl (C=O) groups excluding carboxylic acids is 7. The molecule has 0 aromatic rings. The Morgan fingerprint density at radius 1 is 0.431 bits per heavy atom. The summed E-state index contributed by atoms with van der Waals surface area (Å²) in [5.41, 5.74) is 48.9. The molecular weight excluding hydrogens is 1010 g/mol. The van der Waals surface area contributed by atoms with Crippen LogP contribution in [-0.2, 0) is 43.2 Å². The van der Waals surface area contributed by atoms with E-state index in [2.05, 4.69) is 57.2 Å². The Bertz CT molecular complexity index is 1920. The molecule has 27 N–H and O–H groups in total. The average molecular weight is 1090 g/mol. The summed E-state index contributed by atoms with van der Waals surface area (Å²) < 4.78 is 0. The number of carbonyl (C=O) groups is 9. The molecule has 0 aromatic heterocycles. The number of amides is 7. The van der Waals surface area contributed by atoms with E-state index in [4.69, 9.17) is 56.7 Å². The fourth-order valence-electron chi connectivity index (χ4n) is 5.71. The Hall–Kier alpha value is -6.74. The van der Waals surface area contributed by atoms with Gasteiger partial charge < -0.3 is 99.0 Å². The smallest absolute Gasteiger partial charge is 0.326 e. The summed E-state index contributed by atoms with van der Waals surface area (Å²) in [5.74, 6) is -9.30. The van der Waals surface area contributed by atoms with Crippen LogP contribution >= 0.6 is 34.0 Å². The maximum atomic E-state index is 14.1. The summed E-state index contributed by atoms with van der Waals surface area (Å²) >= 11 is 0. The molecule has 0 bridgehead atoms. The lowest BCUT2D eigenvalue weighted by Gasteiger charge is -2.27. The minimum Gasteiger partial charge on any atom is -0.480 e. The first-order chi connectivity index (χ1) is 33.2. The first-order valence-corrected chi connectivity index (χ1v) is 24.5. The monoisotopic (exact) mass is 1080 g/mol. The van der Waals surface area contributed by atoms with E-state index in [9.17, 15) is 48.3 Å². The number of nitrogens with two attached hydrogens (primary N) is 9. The van der Waals surface area contributed by atoms with Crippen molar-refractivity contribution in [2.75, 3.05) is 37.7 Å². The second kappa shape index (κ2) is 37.1. The number of carboxylic acids is 2. The maximum absolute atomic E-state index is 14.1. The van der Waals surface area contributed by atoms with E-state index in [1.165, 1.54) is 20.8 Å². The molecule has 31 nitrogen and oxygen atoms in total. The highest BCUT2D eigenvalue weighted by molar-refractivity contribution is 8.76. The minimum atomic E-state index is -1.42. The van der Waals surface area contributed by atoms with E-state index in [1.807, 2.05) is 0 Å². The van der Waals surface area contributed by atoms with Gasteiger partial charge in [-0.15, -0.1) is 12.4 Å². The van der Waals surface area contributed by atoms with Crippen LogP contribution in [0.4, 0.5) is 0 Å². The number of hydrogen-bond donors (Lipinski definition) is 18. The van der Waals surface area contributed by atoms with Gasteiger partial charge in [-0.25, -0.2) is 4.79 Å². The van der Waals surface area contributed by atoms with Gasteiger partial charge in [0.05, 0.1) is 0 Å². The SMILES string of the molecule is CC(=O)NC(CSSCC(N)C(=O)O)C(=O)NC(C)C(=O)NC(CCCN=C(N)N)C(=O)NC(CCCN=C(N)N)C(=O)NC(CCCN=C(N)N)C(=O)NC(C)C(=O)NC(CCCN=C(N)N)C(=O)O.Cl. The first kappa shape index (κ1) is 67.3. The molecular formula is C38H73ClN20O11S2. The number of aliphatic imine (C=N–C) groups is 4. The molecule has 34 heteroatoms. The highest BCUT2D eigenvalue weighted by Crippen LogP contribution is 2.23. The molecule has 0 radical (unpaired) electrons. The van der Waals surface area contributed by atoms with Crippen LogP contribution in [0, 0.1) is 0 Å². The summed E-state index contributed by atoms with van der Waals surface area (Å²) in [4.78, 5) is 132. The third kappa shape index (κ3) is 31.5. The summed E-state index contributed by atoms with van der Waals surface area (Å²) in [6, 6.07) is -10.5. The molecule has 0 aromatic carbocycles. The molecule has 8 atom stereocenters. The lowest BCUT2D eigenvalue weighted by atomic mass is 10.0. The minimum absolute atomic E-state index is 0. The lowest BCUT2D eigenvalue weighted by Crippen LogP contribution is -2.59. The van der Waals surface area contributed by atoms with Crippen molar-refractivity contribution in [2.24, 2.45) is 71.6 Å². The van der Waals surface area contributed by atoms with Gasteiger partial charge in [0.25, 0.3) is 0 Å². The molecule has 8 unspecified atom stereocenters. The number of rotatable bonds is 36. The third-order valence-corrected chi connectivity index (χ3v) is 11.8. The van der Waals surface area contributed by atoms with Crippen LogP contribution in [0.2, 0.25) is 0 Å². The standard InChI is InChI=1S/C38H72N20O11S2.ClH/c1-18(53-32(65)26(54-20(3)59)17-71-70-16-21(39)33(66)67)27(60)55-23(9-5-13-49-36(42)43)30(63)57-24(10-6-14-50-37(44)45)31(64)56-22(8-4-12-48-35(40)41)29(62)52-19(2)28(61)58-25(34(68)69)11-7-15-51-38(46)47;/h18-19,21-26H,4-17,39H2,1-3H3,(H,52,62)(H,53,65)(H,54,59)(H,55,60)(H,56,64)(H,57,63)(H,58,61)(H,66,67)(H,68,69)(H4,40,41,48)(H4,42,43,49)(H4,44,45,50)(H4,46,47,51);1H. The molecule has 72 heavy (non-hydrogen) atoms. The molecule has 0 spiro atoms. The van der Waals surface area contributed by atoms with Crippen molar-refractivity contribution in [1.82, 2.24) is 37.2 Å². The van der Waals surface area contributed by atoms with Crippen molar-refractivity contribution in [3.05, 3.63) is 0 Å². The van der Waals surface area contributed by atoms with Crippen LogP contribution < -0.4 is 88.8 Å². The number of hydrogen-bond acceptors (Lipinski definition) is 16. The summed E-state index contributed by atoms with van der Waals surface area (Å²) in [6.45, 7) is 3.91. The molecule has 410 valence electrons. The second-order valence-corrected chi connectivity index (χ2v) is 18.2. The average Bonchev–Trinajstić information content (AvgIpc) is 3.27. The van der Waals surface area contributed by atoms with Gasteiger partial charge in [0.1, 0.15) is 48.3 Å². The molecule has 0 aliphatic heterocycles. The van der Waals surface area contributed by atoms with E-state index >= 15 is 0 Å². The van der Waals surface area contributed by atoms with Crippen molar-refractivity contribution in [1.29, 1.82) is 0 Å². The van der Waals surface area contributed by atoms with Crippen molar-refractivity contribution >= 4 is 111 Å². The highest BCUT2D eigenvalue weighted by atomic mass is 35.5. The quantitative estimate of drug-likeness (QED) is 0.0120. The Labute approximate surface area is 430 Å². The predicted octanol–water partition coefficient (Wildman–Crippen LogP) is -7.05. The van der Waals surface area contributed by atoms with Crippen molar-refractivity contribution in [3.63, 3.8) is 0 Å². The first-order valence-electron chi connectivity index (χ1n) is 22.0. The zero-order chi connectivity index (χ0) is 54.2. The third-order valence-electron chi connectivity index (χ3n) is 9.38. The van der Waals surface area contributed by atoms with Gasteiger partial charge in [-0.05, 0) is 65.2 Å². The van der Waals surface area contributed by atoms with Crippen LogP contribution in [-0.4, -0.2) is 173 Å². The number of aliphatic carboxylic acids is 2. The van der Waals surface area contributed by atoms with Crippen molar-refractivity contribution in [3.8, 4) is 0 Å². The van der Waals surface area contributed by atoms with E-state index in [0.29, 0.717) is 0 Å². The number of halogens is 1. The molecule has 0 rings (SSSR count). The van der Waals surface area contributed by atoms with Crippen LogP contribution in [0.1, 0.15) is 72.1 Å². The van der Waals surface area contributed by atoms with Gasteiger partial charge in [-0.2, -0.15) is 0 Å². The topological polar surface area (TPSA) is 562 Å². The largest absolute Gasteiger partial charge is 0.480 e. The van der Waals surface area contributed by atoms with Crippen LogP contribution in [0.25, 0.3) is 0 Å².